The first kappa shape index (κ1) is 19.0. The van der Waals surface area contributed by atoms with E-state index >= 15 is 0 Å². The standard InChI is InChI=1S/C17H17ClF3N3OS/c18-14-4-3-12(17(19,20)21)10-15(14)22-16(25)24-7-5-23(6-8-24)11-13-2-1-9-26-13/h1-4,9-10H,5-8,11H2,(H,22,25). The van der Waals surface area contributed by atoms with E-state index in [4.69, 9.17) is 11.6 Å². The fourth-order valence-electron chi connectivity index (χ4n) is 2.72. The molecule has 0 bridgehead atoms. The van der Waals surface area contributed by atoms with Crippen LogP contribution in [0.25, 0.3) is 0 Å². The van der Waals surface area contributed by atoms with Gasteiger partial charge in [0.1, 0.15) is 0 Å². The van der Waals surface area contributed by atoms with E-state index in [1.165, 1.54) is 4.88 Å². The maximum absolute atomic E-state index is 12.8. The lowest BCUT2D eigenvalue weighted by Crippen LogP contribution is -2.49. The van der Waals surface area contributed by atoms with Crippen LogP contribution in [0.3, 0.4) is 0 Å². The van der Waals surface area contributed by atoms with Crippen LogP contribution in [0.2, 0.25) is 5.02 Å². The number of nitrogens with one attached hydrogen (secondary N) is 1. The minimum Gasteiger partial charge on any atom is -0.322 e. The maximum atomic E-state index is 12.8. The minimum atomic E-state index is -4.49. The highest BCUT2D eigenvalue weighted by Crippen LogP contribution is 2.34. The Morgan fingerprint density at radius 3 is 2.54 bits per heavy atom. The van der Waals surface area contributed by atoms with E-state index < -0.39 is 17.8 Å². The van der Waals surface area contributed by atoms with Crippen LogP contribution in [0.4, 0.5) is 23.7 Å². The summed E-state index contributed by atoms with van der Waals surface area (Å²) in [5.74, 6) is 0. The van der Waals surface area contributed by atoms with E-state index in [-0.39, 0.29) is 10.7 Å². The molecule has 9 heteroatoms. The van der Waals surface area contributed by atoms with Gasteiger partial charge in [-0.3, -0.25) is 4.90 Å². The van der Waals surface area contributed by atoms with Crippen molar-refractivity contribution in [3.8, 4) is 0 Å². The monoisotopic (exact) mass is 403 g/mol. The summed E-state index contributed by atoms with van der Waals surface area (Å²) in [6, 6.07) is 6.51. The van der Waals surface area contributed by atoms with Crippen molar-refractivity contribution in [2.45, 2.75) is 12.7 Å². The average Bonchev–Trinajstić information content (AvgIpc) is 3.09. The van der Waals surface area contributed by atoms with E-state index in [1.54, 1.807) is 16.2 Å². The van der Waals surface area contributed by atoms with Gasteiger partial charge in [0.2, 0.25) is 0 Å². The number of hydrogen-bond acceptors (Lipinski definition) is 3. The van der Waals surface area contributed by atoms with E-state index in [9.17, 15) is 18.0 Å². The number of piperazine rings is 1. The molecule has 140 valence electrons. The molecule has 1 saturated heterocycles. The second-order valence-electron chi connectivity index (χ2n) is 5.97. The molecule has 2 aromatic rings. The number of carbonyl (C=O) groups excluding carboxylic acids is 1. The number of urea groups is 1. The molecule has 1 N–H and O–H groups in total. The van der Waals surface area contributed by atoms with Crippen molar-refractivity contribution in [1.82, 2.24) is 9.80 Å². The molecular formula is C17H17ClF3N3OS. The summed E-state index contributed by atoms with van der Waals surface area (Å²) in [5, 5.41) is 4.59. The lowest BCUT2D eigenvalue weighted by Gasteiger charge is -2.34. The number of rotatable bonds is 3. The molecule has 0 saturated carbocycles. The Balaban J connectivity index is 1.58. The maximum Gasteiger partial charge on any atom is 0.416 e. The van der Waals surface area contributed by atoms with Crippen LogP contribution >= 0.6 is 22.9 Å². The first-order valence-electron chi connectivity index (χ1n) is 8.00. The number of thiophene rings is 1. The highest BCUT2D eigenvalue weighted by Gasteiger charge is 2.31. The third-order valence-corrected chi connectivity index (χ3v) is 5.35. The van der Waals surface area contributed by atoms with Crippen molar-refractivity contribution in [1.29, 1.82) is 0 Å². The van der Waals surface area contributed by atoms with Crippen LogP contribution in [-0.2, 0) is 12.7 Å². The molecule has 0 radical (unpaired) electrons. The Hall–Kier alpha value is -1.77. The Labute approximate surface area is 158 Å². The van der Waals surface area contributed by atoms with Crippen molar-refractivity contribution in [3.05, 3.63) is 51.2 Å². The summed E-state index contributed by atoms with van der Waals surface area (Å²) in [6.45, 7) is 3.28. The third-order valence-electron chi connectivity index (χ3n) is 4.15. The van der Waals surface area contributed by atoms with E-state index in [0.29, 0.717) is 26.2 Å². The molecule has 1 aromatic heterocycles. The van der Waals surface area contributed by atoms with Crippen LogP contribution in [0.15, 0.2) is 35.7 Å². The Morgan fingerprint density at radius 1 is 1.19 bits per heavy atom. The Morgan fingerprint density at radius 2 is 1.92 bits per heavy atom. The second kappa shape index (κ2) is 7.85. The van der Waals surface area contributed by atoms with Crippen LogP contribution < -0.4 is 5.32 Å². The summed E-state index contributed by atoms with van der Waals surface area (Å²) in [6.07, 6.45) is -4.49. The number of benzene rings is 1. The summed E-state index contributed by atoms with van der Waals surface area (Å²) in [4.78, 5) is 17.5. The average molecular weight is 404 g/mol. The molecule has 0 atom stereocenters. The molecule has 26 heavy (non-hydrogen) atoms. The fraction of sp³-hybridized carbons (Fsp3) is 0.353. The largest absolute Gasteiger partial charge is 0.416 e. The van der Waals surface area contributed by atoms with Gasteiger partial charge in [-0.1, -0.05) is 17.7 Å². The Bertz CT molecular complexity index is 759. The van der Waals surface area contributed by atoms with Gasteiger partial charge in [0.05, 0.1) is 16.3 Å². The third kappa shape index (κ3) is 4.69. The van der Waals surface area contributed by atoms with Gasteiger partial charge in [-0.05, 0) is 29.6 Å². The van der Waals surface area contributed by atoms with Gasteiger partial charge >= 0.3 is 12.2 Å². The van der Waals surface area contributed by atoms with Crippen molar-refractivity contribution < 1.29 is 18.0 Å². The number of anilines is 1. The van der Waals surface area contributed by atoms with Gasteiger partial charge in [-0.2, -0.15) is 13.2 Å². The zero-order valence-electron chi connectivity index (χ0n) is 13.7. The number of carbonyl (C=O) groups is 1. The van der Waals surface area contributed by atoms with Crippen molar-refractivity contribution >= 4 is 34.7 Å². The second-order valence-corrected chi connectivity index (χ2v) is 7.40. The van der Waals surface area contributed by atoms with Gasteiger partial charge in [0.15, 0.2) is 0 Å². The summed E-state index contributed by atoms with van der Waals surface area (Å²) in [7, 11) is 0. The molecule has 3 rings (SSSR count). The molecule has 1 aliphatic heterocycles. The Kier molecular flexibility index (Phi) is 5.74. The molecule has 2 amide bonds. The van der Waals surface area contributed by atoms with E-state index in [1.807, 2.05) is 11.4 Å². The predicted molar refractivity (Wildman–Crippen MR) is 96.6 cm³/mol. The molecule has 2 heterocycles. The van der Waals surface area contributed by atoms with Crippen LogP contribution in [0.1, 0.15) is 10.4 Å². The summed E-state index contributed by atoms with van der Waals surface area (Å²) >= 11 is 7.61. The molecular weight excluding hydrogens is 387 g/mol. The van der Waals surface area contributed by atoms with Gasteiger partial charge in [0, 0.05) is 37.6 Å². The lowest BCUT2D eigenvalue weighted by molar-refractivity contribution is -0.137. The normalized spacial score (nSPS) is 15.9. The summed E-state index contributed by atoms with van der Waals surface area (Å²) in [5.41, 5.74) is -0.884. The van der Waals surface area contributed by atoms with Gasteiger partial charge < -0.3 is 10.2 Å². The van der Waals surface area contributed by atoms with Gasteiger partial charge in [-0.15, -0.1) is 11.3 Å². The predicted octanol–water partition coefficient (Wildman–Crippen LogP) is 4.77. The number of halogens is 4. The number of alkyl halides is 3. The minimum absolute atomic E-state index is 0.0347. The molecule has 0 aliphatic carbocycles. The smallest absolute Gasteiger partial charge is 0.322 e. The molecule has 4 nitrogen and oxygen atoms in total. The van der Waals surface area contributed by atoms with Crippen LogP contribution in [0.5, 0.6) is 0 Å². The molecule has 0 unspecified atom stereocenters. The first-order chi connectivity index (χ1) is 12.3. The van der Waals surface area contributed by atoms with Crippen molar-refractivity contribution in [2.24, 2.45) is 0 Å². The van der Waals surface area contributed by atoms with E-state index in [0.717, 1.165) is 24.7 Å². The molecule has 1 aliphatic rings. The van der Waals surface area contributed by atoms with Crippen molar-refractivity contribution in [3.63, 3.8) is 0 Å². The topological polar surface area (TPSA) is 35.6 Å². The molecule has 1 aromatic carbocycles. The first-order valence-corrected chi connectivity index (χ1v) is 9.26. The van der Waals surface area contributed by atoms with Crippen LogP contribution in [-0.4, -0.2) is 42.0 Å². The number of amides is 2. The van der Waals surface area contributed by atoms with Gasteiger partial charge in [0.25, 0.3) is 0 Å². The lowest BCUT2D eigenvalue weighted by atomic mass is 10.2. The number of nitrogens with zero attached hydrogens (tertiary/aromatic N) is 2. The quantitative estimate of drug-likeness (QED) is 0.801. The van der Waals surface area contributed by atoms with E-state index in [2.05, 4.69) is 16.3 Å². The van der Waals surface area contributed by atoms with Crippen molar-refractivity contribution in [2.75, 3.05) is 31.5 Å². The zero-order valence-corrected chi connectivity index (χ0v) is 15.3. The zero-order chi connectivity index (χ0) is 18.7. The molecule has 1 fully saturated rings. The highest BCUT2D eigenvalue weighted by molar-refractivity contribution is 7.09. The van der Waals surface area contributed by atoms with Gasteiger partial charge in [-0.25, -0.2) is 4.79 Å². The summed E-state index contributed by atoms with van der Waals surface area (Å²) < 4.78 is 38.5. The number of hydrogen-bond donors (Lipinski definition) is 1. The fourth-order valence-corrected chi connectivity index (χ4v) is 3.63. The highest BCUT2D eigenvalue weighted by atomic mass is 35.5. The van der Waals surface area contributed by atoms with Crippen LogP contribution in [0, 0.1) is 0 Å². The SMILES string of the molecule is O=C(Nc1cc(C(F)(F)F)ccc1Cl)N1CCN(Cc2cccs2)CC1. The molecule has 0 spiro atoms.